The molecule has 1 aromatic carbocycles. The number of carbonyl (C=O) groups excluding carboxylic acids is 1. The van der Waals surface area contributed by atoms with E-state index in [2.05, 4.69) is 52.9 Å². The Bertz CT molecular complexity index is 691. The molecule has 0 spiro atoms. The van der Waals surface area contributed by atoms with Crippen LogP contribution in [0.3, 0.4) is 0 Å². The molecule has 0 unspecified atom stereocenters. The molecule has 1 aromatic rings. The highest BCUT2D eigenvalue weighted by atomic mass is 16.3. The van der Waals surface area contributed by atoms with Gasteiger partial charge in [-0.2, -0.15) is 0 Å². The summed E-state index contributed by atoms with van der Waals surface area (Å²) in [5.41, 5.74) is 4.30. The summed E-state index contributed by atoms with van der Waals surface area (Å²) < 4.78 is 0. The van der Waals surface area contributed by atoms with Gasteiger partial charge in [-0.25, -0.2) is 0 Å². The van der Waals surface area contributed by atoms with Gasteiger partial charge in [0.2, 0.25) is 5.91 Å². The first kappa shape index (κ1) is 22.8. The second-order valence-corrected chi connectivity index (χ2v) is 10.7. The number of rotatable bonds is 6. The van der Waals surface area contributed by atoms with E-state index in [-0.39, 0.29) is 16.7 Å². The molecule has 1 amide bonds. The van der Waals surface area contributed by atoms with Crippen LogP contribution < -0.4 is 5.32 Å². The van der Waals surface area contributed by atoms with Crippen molar-refractivity contribution in [2.24, 2.45) is 5.41 Å². The molecule has 1 saturated carbocycles. The predicted molar refractivity (Wildman–Crippen MR) is 118 cm³/mol. The number of aromatic hydroxyl groups is 1. The minimum Gasteiger partial charge on any atom is -0.507 e. The molecule has 0 aliphatic heterocycles. The molecule has 0 atom stereocenters. The Labute approximate surface area is 172 Å². The summed E-state index contributed by atoms with van der Waals surface area (Å²) in [7, 11) is 0. The number of hydrogen-bond acceptors (Lipinski definition) is 2. The lowest BCUT2D eigenvalue weighted by atomic mass is 9.71. The zero-order valence-corrected chi connectivity index (χ0v) is 19.2. The fourth-order valence-electron chi connectivity index (χ4n) is 4.96. The lowest BCUT2D eigenvalue weighted by Crippen LogP contribution is -2.36. The van der Waals surface area contributed by atoms with Crippen LogP contribution in [-0.2, 0) is 16.6 Å². The highest BCUT2D eigenvalue weighted by molar-refractivity contribution is 5.76. The van der Waals surface area contributed by atoms with Crippen molar-refractivity contribution in [3.63, 3.8) is 0 Å². The third-order valence-corrected chi connectivity index (χ3v) is 6.27. The average Bonchev–Trinajstić information content (AvgIpc) is 2.57. The number of phenolic OH excluding ortho intramolecular Hbond substituents is 1. The molecule has 0 saturated heterocycles. The Morgan fingerprint density at radius 1 is 1.07 bits per heavy atom. The Morgan fingerprint density at radius 2 is 1.68 bits per heavy atom. The zero-order valence-electron chi connectivity index (χ0n) is 19.2. The molecular weight excluding hydrogens is 346 g/mol. The van der Waals surface area contributed by atoms with Gasteiger partial charge in [-0.15, -0.1) is 0 Å². The molecule has 3 nitrogen and oxygen atoms in total. The number of phenols is 1. The van der Waals surface area contributed by atoms with E-state index in [9.17, 15) is 9.90 Å². The summed E-state index contributed by atoms with van der Waals surface area (Å²) in [6, 6.07) is 2.52. The average molecular weight is 388 g/mol. The number of aryl methyl sites for hydroxylation is 1. The van der Waals surface area contributed by atoms with E-state index >= 15 is 0 Å². The SMILES string of the molecule is Cc1c(CCC(=O)NC2CCCCC2)cc(C(C)(C)CC(C)(C)C)c(O)c1C. The van der Waals surface area contributed by atoms with E-state index < -0.39 is 0 Å². The number of nitrogens with one attached hydrogen (secondary N) is 1. The van der Waals surface area contributed by atoms with Gasteiger partial charge in [-0.1, -0.05) is 59.9 Å². The maximum Gasteiger partial charge on any atom is 0.220 e. The Balaban J connectivity index is 2.15. The van der Waals surface area contributed by atoms with Crippen molar-refractivity contribution in [3.05, 3.63) is 28.3 Å². The van der Waals surface area contributed by atoms with Gasteiger partial charge in [0.1, 0.15) is 5.75 Å². The molecule has 2 N–H and O–H groups in total. The Morgan fingerprint density at radius 3 is 2.25 bits per heavy atom. The van der Waals surface area contributed by atoms with Crippen molar-refractivity contribution >= 4 is 5.91 Å². The molecule has 3 heteroatoms. The van der Waals surface area contributed by atoms with Crippen LogP contribution in [0.1, 0.15) is 102 Å². The molecular formula is C25H41NO2. The fourth-order valence-corrected chi connectivity index (χ4v) is 4.96. The lowest BCUT2D eigenvalue weighted by molar-refractivity contribution is -0.121. The zero-order chi connectivity index (χ0) is 21.1. The predicted octanol–water partition coefficient (Wildman–Crippen LogP) is 6.10. The molecule has 0 bridgehead atoms. The summed E-state index contributed by atoms with van der Waals surface area (Å²) >= 11 is 0. The van der Waals surface area contributed by atoms with Crippen LogP contribution in [0, 0.1) is 19.3 Å². The summed E-state index contributed by atoms with van der Waals surface area (Å²) in [6.45, 7) is 15.2. The highest BCUT2D eigenvalue weighted by Gasteiger charge is 2.31. The first-order valence-electron chi connectivity index (χ1n) is 11.0. The van der Waals surface area contributed by atoms with Crippen LogP contribution in [0.25, 0.3) is 0 Å². The maximum atomic E-state index is 12.5. The van der Waals surface area contributed by atoms with Crippen LogP contribution in [0.15, 0.2) is 6.07 Å². The molecule has 1 aliphatic carbocycles. The Kier molecular flexibility index (Phi) is 7.22. The topological polar surface area (TPSA) is 49.3 Å². The van der Waals surface area contributed by atoms with Gasteiger partial charge in [-0.05, 0) is 67.1 Å². The Hall–Kier alpha value is -1.51. The van der Waals surface area contributed by atoms with Crippen molar-refractivity contribution < 1.29 is 9.90 Å². The second-order valence-electron chi connectivity index (χ2n) is 10.7. The normalized spacial score (nSPS) is 16.2. The first-order chi connectivity index (χ1) is 12.9. The van der Waals surface area contributed by atoms with Crippen molar-refractivity contribution in [1.82, 2.24) is 5.32 Å². The van der Waals surface area contributed by atoms with Crippen LogP contribution in [0.5, 0.6) is 5.75 Å². The van der Waals surface area contributed by atoms with Crippen LogP contribution in [0.4, 0.5) is 0 Å². The van der Waals surface area contributed by atoms with Gasteiger partial charge in [-0.3, -0.25) is 4.79 Å². The highest BCUT2D eigenvalue weighted by Crippen LogP contribution is 2.42. The molecule has 158 valence electrons. The van der Waals surface area contributed by atoms with Gasteiger partial charge in [0, 0.05) is 18.0 Å². The summed E-state index contributed by atoms with van der Waals surface area (Å²) in [5, 5.41) is 14.1. The molecule has 1 aliphatic rings. The van der Waals surface area contributed by atoms with Gasteiger partial charge >= 0.3 is 0 Å². The second kappa shape index (κ2) is 8.88. The van der Waals surface area contributed by atoms with Gasteiger partial charge in [0.05, 0.1) is 0 Å². The minimum atomic E-state index is -0.125. The number of benzene rings is 1. The summed E-state index contributed by atoms with van der Waals surface area (Å²) in [4.78, 5) is 12.5. The van der Waals surface area contributed by atoms with Gasteiger partial charge in [0.15, 0.2) is 0 Å². The van der Waals surface area contributed by atoms with E-state index in [4.69, 9.17) is 0 Å². The number of carbonyl (C=O) groups is 1. The van der Waals surface area contributed by atoms with Crippen LogP contribution >= 0.6 is 0 Å². The van der Waals surface area contributed by atoms with Crippen molar-refractivity contribution in [2.75, 3.05) is 0 Å². The number of amides is 1. The van der Waals surface area contributed by atoms with E-state index in [1.54, 1.807) is 0 Å². The molecule has 28 heavy (non-hydrogen) atoms. The molecule has 0 radical (unpaired) electrons. The lowest BCUT2D eigenvalue weighted by Gasteiger charge is -2.34. The first-order valence-corrected chi connectivity index (χ1v) is 11.0. The van der Waals surface area contributed by atoms with Crippen LogP contribution in [0.2, 0.25) is 0 Å². The summed E-state index contributed by atoms with van der Waals surface area (Å²) in [5.74, 6) is 0.578. The van der Waals surface area contributed by atoms with Crippen molar-refractivity contribution in [3.8, 4) is 5.75 Å². The largest absolute Gasteiger partial charge is 0.507 e. The fraction of sp³-hybridized carbons (Fsp3) is 0.720. The quantitative estimate of drug-likeness (QED) is 0.619. The minimum absolute atomic E-state index is 0.125. The summed E-state index contributed by atoms with van der Waals surface area (Å²) in [6.07, 6.45) is 8.22. The molecule has 0 heterocycles. The third kappa shape index (κ3) is 5.99. The van der Waals surface area contributed by atoms with E-state index in [0.717, 1.165) is 42.4 Å². The van der Waals surface area contributed by atoms with Crippen LogP contribution in [-0.4, -0.2) is 17.1 Å². The standard InChI is InChI=1S/C25H41NO2/c1-17-18(2)23(28)21(25(6,7)16-24(3,4)5)15-19(17)13-14-22(27)26-20-11-9-8-10-12-20/h15,20,28H,8-14,16H2,1-7H3,(H,26,27). The van der Waals surface area contributed by atoms with Crippen molar-refractivity contribution in [2.45, 2.75) is 111 Å². The monoisotopic (exact) mass is 387 g/mol. The third-order valence-electron chi connectivity index (χ3n) is 6.27. The van der Waals surface area contributed by atoms with Crippen molar-refractivity contribution in [1.29, 1.82) is 0 Å². The maximum absolute atomic E-state index is 12.5. The smallest absolute Gasteiger partial charge is 0.220 e. The van der Waals surface area contributed by atoms with Gasteiger partial charge in [0.25, 0.3) is 0 Å². The molecule has 0 aromatic heterocycles. The van der Waals surface area contributed by atoms with E-state index in [0.29, 0.717) is 18.2 Å². The molecule has 1 fully saturated rings. The number of hydrogen-bond donors (Lipinski definition) is 2. The van der Waals surface area contributed by atoms with E-state index in [1.807, 2.05) is 6.92 Å². The van der Waals surface area contributed by atoms with E-state index in [1.165, 1.54) is 24.8 Å². The molecule has 2 rings (SSSR count). The van der Waals surface area contributed by atoms with Gasteiger partial charge < -0.3 is 10.4 Å².